The molecule has 1 saturated carbocycles. The summed E-state index contributed by atoms with van der Waals surface area (Å²) >= 11 is 5.66. The molecule has 118 valence electrons. The van der Waals surface area contributed by atoms with Crippen LogP contribution >= 0.6 is 11.6 Å². The highest BCUT2D eigenvalue weighted by Gasteiger charge is 2.35. The standard InChI is InChI=1S/C15H19ClF3NO/c16-11-4-5-13(12(8-11)15(17,18)19)20-9-14(10-21)6-2-1-3-7-14/h4-5,8,20-21H,1-3,6-7,9-10H2. The van der Waals surface area contributed by atoms with Gasteiger partial charge in [0, 0.05) is 22.7 Å². The third-order valence-electron chi connectivity index (χ3n) is 4.19. The Hall–Kier alpha value is -0.940. The van der Waals surface area contributed by atoms with Crippen molar-refractivity contribution in [3.63, 3.8) is 0 Å². The lowest BCUT2D eigenvalue weighted by Crippen LogP contribution is -2.36. The number of anilines is 1. The SMILES string of the molecule is OCC1(CNc2ccc(Cl)cc2C(F)(F)F)CCCCC1. The fourth-order valence-electron chi connectivity index (χ4n) is 2.88. The molecule has 0 bridgehead atoms. The molecule has 1 fully saturated rings. The van der Waals surface area contributed by atoms with E-state index in [1.54, 1.807) is 0 Å². The van der Waals surface area contributed by atoms with Gasteiger partial charge in [0.2, 0.25) is 0 Å². The zero-order valence-corrected chi connectivity index (χ0v) is 12.4. The number of rotatable bonds is 4. The highest BCUT2D eigenvalue weighted by atomic mass is 35.5. The van der Waals surface area contributed by atoms with Crippen molar-refractivity contribution in [2.45, 2.75) is 38.3 Å². The number of aliphatic hydroxyl groups excluding tert-OH is 1. The summed E-state index contributed by atoms with van der Waals surface area (Å²) in [7, 11) is 0. The van der Waals surface area contributed by atoms with E-state index in [9.17, 15) is 18.3 Å². The lowest BCUT2D eigenvalue weighted by Gasteiger charge is -2.36. The lowest BCUT2D eigenvalue weighted by molar-refractivity contribution is -0.137. The molecular formula is C15H19ClF3NO. The molecule has 1 aliphatic carbocycles. The highest BCUT2D eigenvalue weighted by molar-refractivity contribution is 6.30. The average Bonchev–Trinajstić information content (AvgIpc) is 2.46. The van der Waals surface area contributed by atoms with E-state index in [-0.39, 0.29) is 22.7 Å². The number of aliphatic hydroxyl groups is 1. The molecule has 1 aliphatic rings. The molecule has 1 aromatic rings. The third-order valence-corrected chi connectivity index (χ3v) is 4.43. The van der Waals surface area contributed by atoms with Crippen molar-refractivity contribution in [3.05, 3.63) is 28.8 Å². The molecule has 2 N–H and O–H groups in total. The maximum Gasteiger partial charge on any atom is 0.418 e. The van der Waals surface area contributed by atoms with Gasteiger partial charge >= 0.3 is 6.18 Å². The maximum atomic E-state index is 13.0. The van der Waals surface area contributed by atoms with E-state index < -0.39 is 11.7 Å². The molecular weight excluding hydrogens is 303 g/mol. The Bertz CT molecular complexity index is 484. The molecule has 0 heterocycles. The first-order valence-electron chi connectivity index (χ1n) is 7.08. The first kappa shape index (κ1) is 16.4. The van der Waals surface area contributed by atoms with E-state index in [4.69, 9.17) is 11.6 Å². The van der Waals surface area contributed by atoms with Crippen LogP contribution in [0, 0.1) is 5.41 Å². The average molecular weight is 322 g/mol. The number of alkyl halides is 3. The van der Waals surface area contributed by atoms with Crippen LogP contribution in [-0.4, -0.2) is 18.3 Å². The Balaban J connectivity index is 2.16. The molecule has 0 aliphatic heterocycles. The molecule has 0 atom stereocenters. The van der Waals surface area contributed by atoms with Gasteiger partial charge in [0.1, 0.15) is 0 Å². The fourth-order valence-corrected chi connectivity index (χ4v) is 3.05. The molecule has 0 radical (unpaired) electrons. The van der Waals surface area contributed by atoms with E-state index in [0.717, 1.165) is 38.2 Å². The van der Waals surface area contributed by atoms with Gasteiger partial charge in [-0.25, -0.2) is 0 Å². The summed E-state index contributed by atoms with van der Waals surface area (Å²) in [5.41, 5.74) is -1.06. The second-order valence-corrected chi connectivity index (χ2v) is 6.20. The minimum Gasteiger partial charge on any atom is -0.396 e. The van der Waals surface area contributed by atoms with Crippen LogP contribution in [0.4, 0.5) is 18.9 Å². The molecule has 6 heteroatoms. The van der Waals surface area contributed by atoms with Crippen LogP contribution in [0.25, 0.3) is 0 Å². The summed E-state index contributed by atoms with van der Waals surface area (Å²) in [5, 5.41) is 12.5. The van der Waals surface area contributed by atoms with E-state index in [1.165, 1.54) is 12.1 Å². The third kappa shape index (κ3) is 4.04. The zero-order valence-electron chi connectivity index (χ0n) is 11.6. The molecule has 0 spiro atoms. The Morgan fingerprint density at radius 1 is 1.19 bits per heavy atom. The van der Waals surface area contributed by atoms with Gasteiger partial charge in [0.15, 0.2) is 0 Å². The summed E-state index contributed by atoms with van der Waals surface area (Å²) in [6.07, 6.45) is 0.365. The Morgan fingerprint density at radius 2 is 1.86 bits per heavy atom. The minimum atomic E-state index is -4.45. The fraction of sp³-hybridized carbons (Fsp3) is 0.600. The lowest BCUT2D eigenvalue weighted by atomic mass is 9.74. The van der Waals surface area contributed by atoms with Gasteiger partial charge in [-0.3, -0.25) is 0 Å². The van der Waals surface area contributed by atoms with Gasteiger partial charge in [-0.05, 0) is 31.0 Å². The largest absolute Gasteiger partial charge is 0.418 e. The second-order valence-electron chi connectivity index (χ2n) is 5.76. The first-order valence-corrected chi connectivity index (χ1v) is 7.46. The predicted octanol–water partition coefficient (Wildman–Crippen LogP) is 4.71. The number of nitrogens with one attached hydrogen (secondary N) is 1. The molecule has 21 heavy (non-hydrogen) atoms. The van der Waals surface area contributed by atoms with Crippen LogP contribution in [0.1, 0.15) is 37.7 Å². The number of benzene rings is 1. The number of hydrogen-bond donors (Lipinski definition) is 2. The Labute approximate surface area is 127 Å². The minimum absolute atomic E-state index is 0.00502. The van der Waals surface area contributed by atoms with Crippen molar-refractivity contribution in [3.8, 4) is 0 Å². The normalized spacial score (nSPS) is 18.5. The summed E-state index contributed by atoms with van der Waals surface area (Å²) in [6.45, 7) is 0.336. The van der Waals surface area contributed by atoms with Crippen LogP contribution in [0.3, 0.4) is 0 Å². The van der Waals surface area contributed by atoms with E-state index in [0.29, 0.717) is 6.54 Å². The van der Waals surface area contributed by atoms with Gasteiger partial charge in [0.05, 0.1) is 12.2 Å². The molecule has 1 aromatic carbocycles. The van der Waals surface area contributed by atoms with Crippen LogP contribution in [0.2, 0.25) is 5.02 Å². The highest BCUT2D eigenvalue weighted by Crippen LogP contribution is 2.39. The molecule has 2 nitrogen and oxygen atoms in total. The van der Waals surface area contributed by atoms with Crippen molar-refractivity contribution < 1.29 is 18.3 Å². The smallest absolute Gasteiger partial charge is 0.396 e. The van der Waals surface area contributed by atoms with Gasteiger partial charge in [-0.2, -0.15) is 13.2 Å². The molecule has 0 amide bonds. The topological polar surface area (TPSA) is 32.3 Å². The van der Waals surface area contributed by atoms with Crippen molar-refractivity contribution in [2.24, 2.45) is 5.41 Å². The van der Waals surface area contributed by atoms with Crippen LogP contribution in [0.5, 0.6) is 0 Å². The van der Waals surface area contributed by atoms with Gasteiger partial charge in [-0.15, -0.1) is 0 Å². The van der Waals surface area contributed by atoms with Gasteiger partial charge in [0.25, 0.3) is 0 Å². The number of halogens is 4. The number of hydrogen-bond acceptors (Lipinski definition) is 2. The summed E-state index contributed by atoms with van der Waals surface area (Å²) in [4.78, 5) is 0. The molecule has 0 saturated heterocycles. The Morgan fingerprint density at radius 3 is 2.43 bits per heavy atom. The van der Waals surface area contributed by atoms with Crippen LogP contribution in [0.15, 0.2) is 18.2 Å². The molecule has 0 unspecified atom stereocenters. The quantitative estimate of drug-likeness (QED) is 0.841. The monoisotopic (exact) mass is 321 g/mol. The van der Waals surface area contributed by atoms with Gasteiger partial charge in [-0.1, -0.05) is 30.9 Å². The van der Waals surface area contributed by atoms with Gasteiger partial charge < -0.3 is 10.4 Å². The Kier molecular flexibility index (Phi) is 5.04. The van der Waals surface area contributed by atoms with E-state index in [1.807, 2.05) is 0 Å². The van der Waals surface area contributed by atoms with E-state index in [2.05, 4.69) is 5.32 Å². The van der Waals surface area contributed by atoms with Crippen LogP contribution in [-0.2, 0) is 6.18 Å². The van der Waals surface area contributed by atoms with Crippen molar-refractivity contribution in [1.29, 1.82) is 0 Å². The summed E-state index contributed by atoms with van der Waals surface area (Å²) < 4.78 is 39.1. The van der Waals surface area contributed by atoms with Crippen LogP contribution < -0.4 is 5.32 Å². The van der Waals surface area contributed by atoms with Crippen molar-refractivity contribution in [1.82, 2.24) is 0 Å². The summed E-state index contributed by atoms with van der Waals surface area (Å²) in [5.74, 6) is 0. The maximum absolute atomic E-state index is 13.0. The summed E-state index contributed by atoms with van der Waals surface area (Å²) in [6, 6.07) is 3.71. The van der Waals surface area contributed by atoms with Crippen molar-refractivity contribution >= 4 is 17.3 Å². The van der Waals surface area contributed by atoms with E-state index >= 15 is 0 Å². The first-order chi connectivity index (χ1) is 9.86. The molecule has 2 rings (SSSR count). The second kappa shape index (κ2) is 6.44. The zero-order chi connectivity index (χ0) is 15.5. The molecule has 0 aromatic heterocycles. The predicted molar refractivity (Wildman–Crippen MR) is 77.5 cm³/mol. The van der Waals surface area contributed by atoms with Crippen molar-refractivity contribution in [2.75, 3.05) is 18.5 Å².